The zero-order valence-corrected chi connectivity index (χ0v) is 21.1. The molecular weight excluding hydrogens is 484 g/mol. The molecule has 0 spiro atoms. The van der Waals surface area contributed by atoms with Crippen LogP contribution in [0.4, 0.5) is 0 Å². The quantitative estimate of drug-likeness (QED) is 0.254. The molecular formula is C27H38O10. The molecule has 2 saturated heterocycles. The first-order valence-electron chi connectivity index (χ1n) is 11.7. The van der Waals surface area contributed by atoms with Crippen molar-refractivity contribution in [3.05, 3.63) is 89.9 Å². The largest absolute Gasteiger partial charge is 0.499 e. The van der Waals surface area contributed by atoms with Gasteiger partial charge in [-0.2, -0.15) is 0 Å². The summed E-state index contributed by atoms with van der Waals surface area (Å²) in [6.45, 7) is 25.5. The number of hydrogen-bond acceptors (Lipinski definition) is 10. The highest BCUT2D eigenvalue weighted by Gasteiger charge is 2.61. The Bertz CT molecular complexity index is 783. The predicted octanol–water partition coefficient (Wildman–Crippen LogP) is 3.24. The summed E-state index contributed by atoms with van der Waals surface area (Å²) in [5, 5.41) is 11.2. The maximum atomic E-state index is 11.2. The van der Waals surface area contributed by atoms with Crippen LogP contribution in [-0.4, -0.2) is 79.4 Å². The van der Waals surface area contributed by atoms with E-state index in [0.717, 1.165) is 0 Å². The number of rotatable bonds is 19. The molecule has 9 unspecified atom stereocenters. The number of ether oxygens (including phenoxy) is 9. The van der Waals surface area contributed by atoms with E-state index in [-0.39, 0.29) is 26.2 Å². The molecule has 1 N–H and O–H groups in total. The highest BCUT2D eigenvalue weighted by atomic mass is 16.6. The van der Waals surface area contributed by atoms with Gasteiger partial charge in [0.2, 0.25) is 0 Å². The number of aliphatic hydroxyl groups is 1. The summed E-state index contributed by atoms with van der Waals surface area (Å²) in [5.41, 5.74) is -1.20. The van der Waals surface area contributed by atoms with Gasteiger partial charge < -0.3 is 47.7 Å². The molecule has 0 aromatic heterocycles. The van der Waals surface area contributed by atoms with E-state index in [0.29, 0.717) is 0 Å². The predicted molar refractivity (Wildman–Crippen MR) is 136 cm³/mol. The van der Waals surface area contributed by atoms with Crippen molar-refractivity contribution in [2.24, 2.45) is 0 Å². The lowest BCUT2D eigenvalue weighted by molar-refractivity contribution is -0.249. The van der Waals surface area contributed by atoms with Crippen molar-refractivity contribution in [1.82, 2.24) is 0 Å². The summed E-state index contributed by atoms with van der Waals surface area (Å²) in [6.07, 6.45) is 2.60. The third kappa shape index (κ3) is 7.12. The SMILES string of the molecule is C=COCC1OC(CC2(COC=C)OC(COC=C)C(OC=C)C2OC=C)C(OC=C)C(O)C1OC=C. The van der Waals surface area contributed by atoms with Crippen LogP contribution in [0.3, 0.4) is 0 Å². The van der Waals surface area contributed by atoms with Crippen molar-refractivity contribution in [2.45, 2.75) is 60.9 Å². The third-order valence-corrected chi connectivity index (χ3v) is 6.08. The molecule has 10 nitrogen and oxygen atoms in total. The van der Waals surface area contributed by atoms with Gasteiger partial charge in [-0.15, -0.1) is 0 Å². The van der Waals surface area contributed by atoms with Crippen molar-refractivity contribution < 1.29 is 47.7 Å². The first-order valence-corrected chi connectivity index (χ1v) is 11.7. The van der Waals surface area contributed by atoms with Crippen molar-refractivity contribution in [2.75, 3.05) is 19.8 Å². The monoisotopic (exact) mass is 522 g/mol. The molecule has 9 atom stereocenters. The molecule has 206 valence electrons. The minimum absolute atomic E-state index is 0.00618. The second-order valence-electron chi connectivity index (χ2n) is 8.13. The van der Waals surface area contributed by atoms with Crippen molar-refractivity contribution in [1.29, 1.82) is 0 Å². The molecule has 0 aromatic carbocycles. The Labute approximate surface area is 218 Å². The van der Waals surface area contributed by atoms with Crippen LogP contribution in [-0.2, 0) is 42.6 Å². The summed E-state index contributed by atoms with van der Waals surface area (Å²) in [5.74, 6) is 0. The van der Waals surface area contributed by atoms with E-state index in [1.165, 1.54) is 43.8 Å². The lowest BCUT2D eigenvalue weighted by Crippen LogP contribution is -2.62. The average molecular weight is 523 g/mol. The summed E-state index contributed by atoms with van der Waals surface area (Å²) in [4.78, 5) is 0. The molecule has 0 amide bonds. The van der Waals surface area contributed by atoms with Gasteiger partial charge >= 0.3 is 0 Å². The summed E-state index contributed by atoms with van der Waals surface area (Å²) in [6, 6.07) is 0. The van der Waals surface area contributed by atoms with Gasteiger partial charge in [-0.1, -0.05) is 46.1 Å². The van der Waals surface area contributed by atoms with Gasteiger partial charge in [-0.3, -0.25) is 0 Å². The highest BCUT2D eigenvalue weighted by Crippen LogP contribution is 2.42. The zero-order chi connectivity index (χ0) is 27.3. The molecule has 0 bridgehead atoms. The Balaban J connectivity index is 2.51. The molecule has 0 aromatic rings. The smallest absolute Gasteiger partial charge is 0.169 e. The van der Waals surface area contributed by atoms with Gasteiger partial charge in [-0.25, -0.2) is 0 Å². The zero-order valence-electron chi connectivity index (χ0n) is 21.1. The van der Waals surface area contributed by atoms with Crippen LogP contribution >= 0.6 is 0 Å². The van der Waals surface area contributed by atoms with E-state index in [1.807, 2.05) is 0 Å². The Kier molecular flexibility index (Phi) is 12.1. The second-order valence-corrected chi connectivity index (χ2v) is 8.13. The molecule has 10 heteroatoms. The first-order chi connectivity index (χ1) is 18.0. The fourth-order valence-corrected chi connectivity index (χ4v) is 4.70. The van der Waals surface area contributed by atoms with E-state index in [1.54, 1.807) is 0 Å². The average Bonchev–Trinajstić information content (AvgIpc) is 3.16. The number of hydrogen-bond donors (Lipinski definition) is 1. The number of aliphatic hydroxyl groups excluding tert-OH is 1. The lowest BCUT2D eigenvalue weighted by atomic mass is 9.83. The van der Waals surface area contributed by atoms with Gasteiger partial charge in [-0.05, 0) is 0 Å². The first kappa shape index (κ1) is 29.9. The molecule has 37 heavy (non-hydrogen) atoms. The molecule has 0 radical (unpaired) electrons. The molecule has 2 fully saturated rings. The summed E-state index contributed by atoms with van der Waals surface area (Å²) >= 11 is 0. The van der Waals surface area contributed by atoms with Crippen LogP contribution < -0.4 is 0 Å². The van der Waals surface area contributed by atoms with Gasteiger partial charge in [0.1, 0.15) is 49.8 Å². The van der Waals surface area contributed by atoms with Crippen LogP contribution in [0.1, 0.15) is 6.42 Å². The van der Waals surface area contributed by atoms with Crippen LogP contribution in [0.25, 0.3) is 0 Å². The van der Waals surface area contributed by atoms with Crippen LogP contribution in [0.5, 0.6) is 0 Å². The molecule has 2 aliphatic rings. The third-order valence-electron chi connectivity index (χ3n) is 6.08. The summed E-state index contributed by atoms with van der Waals surface area (Å²) in [7, 11) is 0. The van der Waals surface area contributed by atoms with Crippen molar-refractivity contribution >= 4 is 0 Å². The standard InChI is InChI=1S/C27H38O10/c1-8-29-16-20-24(33-12-5)22(28)23(32-11-4)19(36-20)15-27(18-31-10-3)26(35-14-7)25(34-13-6)21(37-27)17-30-9-2/h8-14,19-26,28H,1-7,15-18H2. The van der Waals surface area contributed by atoms with Crippen LogP contribution in [0.2, 0.25) is 0 Å². The molecule has 0 aliphatic carbocycles. The maximum Gasteiger partial charge on any atom is 0.169 e. The highest BCUT2D eigenvalue weighted by molar-refractivity contribution is 5.09. The summed E-state index contributed by atoms with van der Waals surface area (Å²) < 4.78 is 52.2. The molecule has 0 saturated carbocycles. The second kappa shape index (κ2) is 15.0. The fraction of sp³-hybridized carbons (Fsp3) is 0.481. The van der Waals surface area contributed by atoms with E-state index < -0.39 is 54.4 Å². The van der Waals surface area contributed by atoms with E-state index in [4.69, 9.17) is 42.6 Å². The van der Waals surface area contributed by atoms with Gasteiger partial charge in [0, 0.05) is 6.42 Å². The Hall–Kier alpha value is -3.34. The minimum Gasteiger partial charge on any atom is -0.499 e. The maximum absolute atomic E-state index is 11.2. The fourth-order valence-electron chi connectivity index (χ4n) is 4.70. The van der Waals surface area contributed by atoms with Gasteiger partial charge in [0.05, 0.1) is 43.8 Å². The van der Waals surface area contributed by atoms with E-state index >= 15 is 0 Å². The van der Waals surface area contributed by atoms with Crippen LogP contribution in [0.15, 0.2) is 89.9 Å². The Morgan fingerprint density at radius 1 is 0.622 bits per heavy atom. The lowest BCUT2D eigenvalue weighted by Gasteiger charge is -2.46. The minimum atomic E-state index is -1.20. The van der Waals surface area contributed by atoms with Crippen LogP contribution in [0, 0.1) is 0 Å². The Morgan fingerprint density at radius 2 is 1.14 bits per heavy atom. The topological polar surface area (TPSA) is 103 Å². The Morgan fingerprint density at radius 3 is 1.68 bits per heavy atom. The van der Waals surface area contributed by atoms with Gasteiger partial charge in [0.25, 0.3) is 0 Å². The normalized spacial score (nSPS) is 34.6. The molecule has 2 aliphatic heterocycles. The van der Waals surface area contributed by atoms with Crippen molar-refractivity contribution in [3.8, 4) is 0 Å². The van der Waals surface area contributed by atoms with Crippen molar-refractivity contribution in [3.63, 3.8) is 0 Å². The van der Waals surface area contributed by atoms with Gasteiger partial charge in [0.15, 0.2) is 24.4 Å². The van der Waals surface area contributed by atoms with E-state index in [2.05, 4.69) is 46.1 Å². The van der Waals surface area contributed by atoms with E-state index in [9.17, 15) is 5.11 Å². The molecule has 2 heterocycles. The molecule has 2 rings (SSSR count).